The van der Waals surface area contributed by atoms with Gasteiger partial charge < -0.3 is 14.8 Å². The normalized spacial score (nSPS) is 20.7. The highest BCUT2D eigenvalue weighted by Crippen LogP contribution is 2.52. The van der Waals surface area contributed by atoms with Crippen molar-refractivity contribution in [2.24, 2.45) is 5.92 Å². The van der Waals surface area contributed by atoms with Crippen molar-refractivity contribution in [3.8, 4) is 11.5 Å². The number of anilines is 1. The molecule has 0 saturated heterocycles. The number of fused-ring (bicyclic) bond motifs is 3. The predicted octanol–water partition coefficient (Wildman–Crippen LogP) is 8.42. The Morgan fingerprint density at radius 3 is 2.76 bits per heavy atom. The van der Waals surface area contributed by atoms with E-state index >= 15 is 0 Å². The minimum Gasteiger partial charge on any atom is -0.493 e. The molecule has 0 bridgehead atoms. The van der Waals surface area contributed by atoms with Crippen molar-refractivity contribution in [2.75, 3.05) is 12.4 Å². The molecule has 0 unspecified atom stereocenters. The summed E-state index contributed by atoms with van der Waals surface area (Å²) in [5.41, 5.74) is 3.45. The monoisotopic (exact) mass is 591 g/mol. The van der Waals surface area contributed by atoms with Gasteiger partial charge in [0.15, 0.2) is 11.5 Å². The largest absolute Gasteiger partial charge is 0.493 e. The number of hydrogen-bond donors (Lipinski definition) is 1. The predicted molar refractivity (Wildman–Crippen MR) is 137 cm³/mol. The molecule has 0 fully saturated rings. The van der Waals surface area contributed by atoms with Crippen LogP contribution in [0.4, 0.5) is 10.1 Å². The van der Waals surface area contributed by atoms with Gasteiger partial charge in [0.25, 0.3) is 0 Å². The molecule has 0 spiro atoms. The van der Waals surface area contributed by atoms with Gasteiger partial charge in [-0.05, 0) is 69.7 Å². The van der Waals surface area contributed by atoms with Gasteiger partial charge in [-0.3, -0.25) is 0 Å². The molecule has 1 aliphatic heterocycles. The van der Waals surface area contributed by atoms with E-state index in [4.69, 9.17) is 21.1 Å². The van der Waals surface area contributed by atoms with E-state index in [1.165, 1.54) is 6.07 Å². The van der Waals surface area contributed by atoms with Crippen molar-refractivity contribution in [3.63, 3.8) is 0 Å². The lowest BCUT2D eigenvalue weighted by Gasteiger charge is -2.38. The van der Waals surface area contributed by atoms with Crippen LogP contribution in [0.2, 0.25) is 5.02 Å². The fourth-order valence-electron chi connectivity index (χ4n) is 4.78. The van der Waals surface area contributed by atoms with Gasteiger partial charge in [-0.15, -0.1) is 0 Å². The fraction of sp³-hybridized carbons (Fsp3) is 0.231. The van der Waals surface area contributed by atoms with E-state index in [1.807, 2.05) is 42.5 Å². The Balaban J connectivity index is 1.48. The summed E-state index contributed by atoms with van der Waals surface area (Å²) in [6.07, 6.45) is 5.29. The summed E-state index contributed by atoms with van der Waals surface area (Å²) in [4.78, 5) is 0. The summed E-state index contributed by atoms with van der Waals surface area (Å²) in [6.45, 7) is 0.317. The number of benzene rings is 3. The van der Waals surface area contributed by atoms with E-state index in [0.29, 0.717) is 28.8 Å². The summed E-state index contributed by atoms with van der Waals surface area (Å²) < 4.78 is 28.2. The summed E-state index contributed by atoms with van der Waals surface area (Å²) in [5.74, 6) is 1.39. The number of ether oxygens (including phenoxy) is 2. The Kier molecular flexibility index (Phi) is 6.43. The molecule has 0 aromatic heterocycles. The van der Waals surface area contributed by atoms with Crippen LogP contribution in [-0.2, 0) is 6.61 Å². The molecule has 3 atom stereocenters. The maximum atomic E-state index is 14.9. The average Bonchev–Trinajstić information content (AvgIpc) is 3.29. The molecule has 0 saturated carbocycles. The van der Waals surface area contributed by atoms with Crippen LogP contribution in [-0.4, -0.2) is 7.11 Å². The van der Waals surface area contributed by atoms with E-state index in [0.717, 1.165) is 32.1 Å². The van der Waals surface area contributed by atoms with Gasteiger partial charge in [0.2, 0.25) is 0 Å². The van der Waals surface area contributed by atoms with Crippen LogP contribution in [0.1, 0.15) is 35.1 Å². The van der Waals surface area contributed by atoms with E-state index in [-0.39, 0.29) is 23.7 Å². The zero-order valence-corrected chi connectivity index (χ0v) is 21.7. The minimum absolute atomic E-state index is 0.0732. The molecule has 3 aromatic rings. The van der Waals surface area contributed by atoms with E-state index < -0.39 is 0 Å². The van der Waals surface area contributed by atoms with Crippen LogP contribution >= 0.6 is 43.5 Å². The van der Waals surface area contributed by atoms with Crippen molar-refractivity contribution in [2.45, 2.75) is 25.0 Å². The van der Waals surface area contributed by atoms with Crippen molar-refractivity contribution in [3.05, 3.63) is 97.2 Å². The quantitative estimate of drug-likeness (QED) is 0.301. The number of nitrogens with one attached hydrogen (secondary N) is 1. The van der Waals surface area contributed by atoms with E-state index in [1.54, 1.807) is 7.11 Å². The Morgan fingerprint density at radius 1 is 1.15 bits per heavy atom. The molecule has 1 N–H and O–H groups in total. The first kappa shape index (κ1) is 22.8. The van der Waals surface area contributed by atoms with Crippen LogP contribution in [0.15, 0.2) is 69.6 Å². The van der Waals surface area contributed by atoms with Gasteiger partial charge in [0.1, 0.15) is 12.4 Å². The highest BCUT2D eigenvalue weighted by Gasteiger charge is 2.39. The molecule has 170 valence electrons. The molecule has 2 aliphatic rings. The molecule has 5 rings (SSSR count). The first-order valence-corrected chi connectivity index (χ1v) is 12.6. The molecule has 1 aliphatic carbocycles. The number of allylic oxidation sites excluding steroid dienone is 2. The van der Waals surface area contributed by atoms with Crippen molar-refractivity contribution in [1.82, 2.24) is 0 Å². The minimum atomic E-state index is -0.256. The molecular formula is C26H21Br2ClFNO2. The first-order valence-electron chi connectivity index (χ1n) is 10.6. The molecule has 33 heavy (non-hydrogen) atoms. The number of rotatable bonds is 5. The summed E-state index contributed by atoms with van der Waals surface area (Å²) in [5, 5.41) is 4.13. The van der Waals surface area contributed by atoms with Gasteiger partial charge in [-0.2, -0.15) is 0 Å². The topological polar surface area (TPSA) is 30.5 Å². The summed E-state index contributed by atoms with van der Waals surface area (Å²) >= 11 is 13.4. The maximum absolute atomic E-state index is 14.9. The zero-order valence-electron chi connectivity index (χ0n) is 17.7. The number of methoxy groups -OCH3 is 1. The third-order valence-electron chi connectivity index (χ3n) is 6.33. The zero-order chi connectivity index (χ0) is 23.1. The van der Waals surface area contributed by atoms with Gasteiger partial charge in [-0.1, -0.05) is 57.9 Å². The fourth-order valence-corrected chi connectivity index (χ4v) is 5.99. The second kappa shape index (κ2) is 9.32. The summed E-state index contributed by atoms with van der Waals surface area (Å²) in [7, 11) is 1.62. The van der Waals surface area contributed by atoms with Gasteiger partial charge in [-0.25, -0.2) is 4.39 Å². The third kappa shape index (κ3) is 4.29. The second-order valence-corrected chi connectivity index (χ2v) is 10.4. The molecule has 7 heteroatoms. The molecule has 3 nitrogen and oxygen atoms in total. The SMILES string of the molecule is COc1cc([C@@H]2Nc3c(F)cc(Br)cc3[C@H]3C=CC[C@H]32)cc(Br)c1OCc1ccccc1Cl. The molecule has 0 amide bonds. The van der Waals surface area contributed by atoms with Crippen LogP contribution in [0.5, 0.6) is 11.5 Å². The van der Waals surface area contributed by atoms with Crippen molar-refractivity contribution >= 4 is 49.1 Å². The van der Waals surface area contributed by atoms with Crippen LogP contribution in [0.3, 0.4) is 0 Å². The van der Waals surface area contributed by atoms with Crippen LogP contribution < -0.4 is 14.8 Å². The third-order valence-corrected chi connectivity index (χ3v) is 7.74. The smallest absolute Gasteiger partial charge is 0.175 e. The highest BCUT2D eigenvalue weighted by atomic mass is 79.9. The number of halogens is 4. The van der Waals surface area contributed by atoms with Crippen molar-refractivity contribution in [1.29, 1.82) is 0 Å². The van der Waals surface area contributed by atoms with Gasteiger partial charge in [0.05, 0.1) is 23.3 Å². The lowest BCUT2D eigenvalue weighted by Crippen LogP contribution is -2.29. The summed E-state index contributed by atoms with van der Waals surface area (Å²) in [6, 6.07) is 15.0. The van der Waals surface area contributed by atoms with Crippen molar-refractivity contribution < 1.29 is 13.9 Å². The van der Waals surface area contributed by atoms with Gasteiger partial charge in [0, 0.05) is 21.0 Å². The Labute approximate surface area is 214 Å². The molecule has 3 aromatic carbocycles. The highest BCUT2D eigenvalue weighted by molar-refractivity contribution is 9.10. The van der Waals surface area contributed by atoms with E-state index in [2.05, 4.69) is 49.3 Å². The van der Waals surface area contributed by atoms with Crippen LogP contribution in [0, 0.1) is 11.7 Å². The van der Waals surface area contributed by atoms with Crippen LogP contribution in [0.25, 0.3) is 0 Å². The maximum Gasteiger partial charge on any atom is 0.175 e. The van der Waals surface area contributed by atoms with E-state index in [9.17, 15) is 4.39 Å². The standard InChI is InChI=1S/C26H21Br2ClFNO2/c1-32-23-10-15(9-20(28)26(23)33-13-14-5-2-3-8-21(14)29)24-18-7-4-6-17(18)19-11-16(27)12-22(30)25(19)31-24/h2-6,8-12,17-18,24,31H,7,13H2,1H3/t17-,18+,24-/m0/s1. The van der Waals surface area contributed by atoms with Gasteiger partial charge >= 0.3 is 0 Å². The Bertz CT molecular complexity index is 1250. The lowest BCUT2D eigenvalue weighted by molar-refractivity contribution is 0.282. The second-order valence-electron chi connectivity index (χ2n) is 8.24. The molecule has 0 radical (unpaired) electrons. The Hall–Kier alpha value is -2.02. The Morgan fingerprint density at radius 2 is 1.97 bits per heavy atom. The molecule has 1 heterocycles. The molecular weight excluding hydrogens is 573 g/mol. The number of hydrogen-bond acceptors (Lipinski definition) is 3. The average molecular weight is 594 g/mol. The first-order chi connectivity index (χ1) is 16.0. The lowest BCUT2D eigenvalue weighted by atomic mass is 9.77.